The van der Waals surface area contributed by atoms with Crippen molar-refractivity contribution in [1.29, 1.82) is 0 Å². The zero-order valence-electron chi connectivity index (χ0n) is 15.7. The maximum atomic E-state index is 12.9. The quantitative estimate of drug-likeness (QED) is 0.824. The number of carbonyl (C=O) groups is 2. The average Bonchev–Trinajstić information content (AvgIpc) is 3.11. The molecule has 7 heteroatoms. The third kappa shape index (κ3) is 4.15. The summed E-state index contributed by atoms with van der Waals surface area (Å²) in [7, 11) is 0. The SMILES string of the molecule is O=C(CC1COCCN1)N1CCN(C2CCN(c3ccccc3)C2=O)CC1. The molecule has 3 aliphatic rings. The lowest BCUT2D eigenvalue weighted by Crippen LogP contribution is -2.55. The van der Waals surface area contributed by atoms with Crippen molar-refractivity contribution in [2.45, 2.75) is 24.9 Å². The summed E-state index contributed by atoms with van der Waals surface area (Å²) in [4.78, 5) is 31.5. The van der Waals surface area contributed by atoms with Crippen molar-refractivity contribution >= 4 is 17.5 Å². The Kier molecular flexibility index (Phi) is 5.71. The molecule has 146 valence electrons. The number of carbonyl (C=O) groups excluding carboxylic acids is 2. The number of para-hydroxylation sites is 1. The van der Waals surface area contributed by atoms with Gasteiger partial charge in [0.1, 0.15) is 0 Å². The molecule has 0 spiro atoms. The van der Waals surface area contributed by atoms with Crippen LogP contribution in [-0.2, 0) is 14.3 Å². The Labute approximate surface area is 160 Å². The number of morpholine rings is 1. The van der Waals surface area contributed by atoms with Crippen LogP contribution in [0.1, 0.15) is 12.8 Å². The molecular weight excluding hydrogens is 344 g/mol. The first-order chi connectivity index (χ1) is 13.2. The van der Waals surface area contributed by atoms with Crippen molar-refractivity contribution in [2.24, 2.45) is 0 Å². The predicted octanol–water partition coefficient (Wildman–Crippen LogP) is 0.315. The van der Waals surface area contributed by atoms with E-state index in [2.05, 4.69) is 10.2 Å². The van der Waals surface area contributed by atoms with Gasteiger partial charge in [0.25, 0.3) is 0 Å². The lowest BCUT2D eigenvalue weighted by molar-refractivity contribution is -0.135. The van der Waals surface area contributed by atoms with Crippen LogP contribution >= 0.6 is 0 Å². The van der Waals surface area contributed by atoms with Gasteiger partial charge in [0.05, 0.1) is 19.3 Å². The van der Waals surface area contributed by atoms with Gasteiger partial charge < -0.3 is 19.9 Å². The first-order valence-corrected chi connectivity index (χ1v) is 9.92. The van der Waals surface area contributed by atoms with Crippen LogP contribution < -0.4 is 10.2 Å². The highest BCUT2D eigenvalue weighted by atomic mass is 16.5. The van der Waals surface area contributed by atoms with E-state index in [0.29, 0.717) is 26.1 Å². The lowest BCUT2D eigenvalue weighted by atomic mass is 10.1. The molecular formula is C20H28N4O3. The van der Waals surface area contributed by atoms with Crippen LogP contribution in [-0.4, -0.2) is 86.2 Å². The molecule has 1 aromatic rings. The van der Waals surface area contributed by atoms with E-state index >= 15 is 0 Å². The molecule has 3 aliphatic heterocycles. The molecule has 2 amide bonds. The molecule has 3 saturated heterocycles. The Morgan fingerprint density at radius 2 is 1.89 bits per heavy atom. The number of hydrogen-bond acceptors (Lipinski definition) is 5. The molecule has 0 bridgehead atoms. The van der Waals surface area contributed by atoms with E-state index in [1.54, 1.807) is 0 Å². The molecule has 0 aliphatic carbocycles. The molecule has 0 aromatic heterocycles. The molecule has 2 unspecified atom stereocenters. The van der Waals surface area contributed by atoms with Crippen LogP contribution in [0.2, 0.25) is 0 Å². The van der Waals surface area contributed by atoms with E-state index in [9.17, 15) is 9.59 Å². The van der Waals surface area contributed by atoms with Gasteiger partial charge in [-0.1, -0.05) is 18.2 Å². The van der Waals surface area contributed by atoms with E-state index in [-0.39, 0.29) is 23.9 Å². The summed E-state index contributed by atoms with van der Waals surface area (Å²) in [6, 6.07) is 9.93. The van der Waals surface area contributed by atoms with Gasteiger partial charge in [0.2, 0.25) is 11.8 Å². The van der Waals surface area contributed by atoms with Crippen molar-refractivity contribution in [3.05, 3.63) is 30.3 Å². The van der Waals surface area contributed by atoms with Crippen LogP contribution in [0.5, 0.6) is 0 Å². The second-order valence-electron chi connectivity index (χ2n) is 7.48. The molecule has 2 atom stereocenters. The number of nitrogens with zero attached hydrogens (tertiary/aromatic N) is 3. The van der Waals surface area contributed by atoms with Gasteiger partial charge in [-0.15, -0.1) is 0 Å². The summed E-state index contributed by atoms with van der Waals surface area (Å²) in [6.45, 7) is 5.83. The Morgan fingerprint density at radius 1 is 1.11 bits per heavy atom. The van der Waals surface area contributed by atoms with Gasteiger partial charge in [0, 0.05) is 57.4 Å². The van der Waals surface area contributed by atoms with Gasteiger partial charge >= 0.3 is 0 Å². The molecule has 1 N–H and O–H groups in total. The average molecular weight is 372 g/mol. The second-order valence-corrected chi connectivity index (χ2v) is 7.48. The van der Waals surface area contributed by atoms with Crippen molar-refractivity contribution in [3.63, 3.8) is 0 Å². The monoisotopic (exact) mass is 372 g/mol. The van der Waals surface area contributed by atoms with Gasteiger partial charge in [-0.3, -0.25) is 14.5 Å². The van der Waals surface area contributed by atoms with E-state index < -0.39 is 0 Å². The standard InChI is InChI=1S/C20H28N4O3/c25-19(14-16-15-27-13-7-21-16)23-11-9-22(10-12-23)18-6-8-24(20(18)26)17-4-2-1-3-5-17/h1-5,16,18,21H,6-15H2. The number of benzene rings is 1. The lowest BCUT2D eigenvalue weighted by Gasteiger charge is -2.38. The number of hydrogen-bond donors (Lipinski definition) is 1. The minimum absolute atomic E-state index is 0.0594. The molecule has 3 fully saturated rings. The third-order valence-corrected chi connectivity index (χ3v) is 5.77. The highest BCUT2D eigenvalue weighted by Crippen LogP contribution is 2.25. The van der Waals surface area contributed by atoms with Crippen LogP contribution in [0.3, 0.4) is 0 Å². The largest absolute Gasteiger partial charge is 0.378 e. The Balaban J connectivity index is 1.28. The number of piperazine rings is 1. The molecule has 1 aromatic carbocycles. The molecule has 0 radical (unpaired) electrons. The molecule has 7 nitrogen and oxygen atoms in total. The maximum absolute atomic E-state index is 12.9. The van der Waals surface area contributed by atoms with Gasteiger partial charge in [-0.2, -0.15) is 0 Å². The van der Waals surface area contributed by atoms with Crippen molar-refractivity contribution in [1.82, 2.24) is 15.1 Å². The van der Waals surface area contributed by atoms with Crippen LogP contribution in [0.4, 0.5) is 5.69 Å². The summed E-state index contributed by atoms with van der Waals surface area (Å²) in [5, 5.41) is 3.34. The normalized spacial score (nSPS) is 27.2. The highest BCUT2D eigenvalue weighted by Gasteiger charge is 2.38. The van der Waals surface area contributed by atoms with Crippen molar-refractivity contribution in [2.75, 3.05) is 57.4 Å². The Hall–Kier alpha value is -1.96. The summed E-state index contributed by atoms with van der Waals surface area (Å²) < 4.78 is 5.43. The number of anilines is 1. The fraction of sp³-hybridized carbons (Fsp3) is 0.600. The van der Waals surface area contributed by atoms with Crippen molar-refractivity contribution < 1.29 is 14.3 Å². The van der Waals surface area contributed by atoms with E-state index in [0.717, 1.165) is 44.9 Å². The number of rotatable bonds is 4. The Morgan fingerprint density at radius 3 is 2.59 bits per heavy atom. The van der Waals surface area contributed by atoms with Gasteiger partial charge in [-0.25, -0.2) is 0 Å². The maximum Gasteiger partial charge on any atom is 0.244 e. The van der Waals surface area contributed by atoms with Gasteiger partial charge in [0.15, 0.2) is 0 Å². The van der Waals surface area contributed by atoms with Crippen LogP contribution in [0.25, 0.3) is 0 Å². The fourth-order valence-corrected chi connectivity index (χ4v) is 4.24. The van der Waals surface area contributed by atoms with E-state index in [1.165, 1.54) is 0 Å². The topological polar surface area (TPSA) is 65.1 Å². The molecule has 0 saturated carbocycles. The zero-order valence-corrected chi connectivity index (χ0v) is 15.7. The summed E-state index contributed by atoms with van der Waals surface area (Å²) in [5.74, 6) is 0.367. The summed E-state index contributed by atoms with van der Waals surface area (Å²) >= 11 is 0. The minimum atomic E-state index is -0.0594. The predicted molar refractivity (Wildman–Crippen MR) is 103 cm³/mol. The fourth-order valence-electron chi connectivity index (χ4n) is 4.24. The first-order valence-electron chi connectivity index (χ1n) is 9.92. The molecule has 4 rings (SSSR count). The third-order valence-electron chi connectivity index (χ3n) is 5.77. The van der Waals surface area contributed by atoms with E-state index in [4.69, 9.17) is 4.74 Å². The molecule has 3 heterocycles. The number of amides is 2. The Bertz CT molecular complexity index is 654. The summed E-state index contributed by atoms with van der Waals surface area (Å²) in [6.07, 6.45) is 1.34. The highest BCUT2D eigenvalue weighted by molar-refractivity contribution is 5.99. The first kappa shape index (κ1) is 18.4. The van der Waals surface area contributed by atoms with E-state index in [1.807, 2.05) is 40.1 Å². The van der Waals surface area contributed by atoms with Crippen LogP contribution in [0, 0.1) is 0 Å². The smallest absolute Gasteiger partial charge is 0.244 e. The minimum Gasteiger partial charge on any atom is -0.378 e. The van der Waals surface area contributed by atoms with Gasteiger partial charge in [-0.05, 0) is 18.6 Å². The summed E-state index contributed by atoms with van der Waals surface area (Å²) in [5.41, 5.74) is 0.973. The molecule has 27 heavy (non-hydrogen) atoms. The van der Waals surface area contributed by atoms with Crippen molar-refractivity contribution in [3.8, 4) is 0 Å². The number of nitrogens with one attached hydrogen (secondary N) is 1. The second kappa shape index (κ2) is 8.37. The van der Waals surface area contributed by atoms with Crippen LogP contribution in [0.15, 0.2) is 30.3 Å². The number of ether oxygens (including phenoxy) is 1. The zero-order chi connectivity index (χ0) is 18.6.